The molecular weight excluding hydrogens is 464 g/mol. The normalized spacial score (nSPS) is 16.2. The number of thiazole rings is 1. The van der Waals surface area contributed by atoms with Gasteiger partial charge in [-0.3, -0.25) is 9.36 Å². The summed E-state index contributed by atoms with van der Waals surface area (Å²) in [6, 6.07) is 16.7. The van der Waals surface area contributed by atoms with Gasteiger partial charge in [-0.25, -0.2) is 9.79 Å². The maximum atomic E-state index is 13.4. The minimum absolute atomic E-state index is 0.179. The van der Waals surface area contributed by atoms with E-state index in [1.54, 1.807) is 18.4 Å². The van der Waals surface area contributed by atoms with Crippen molar-refractivity contribution >= 4 is 39.3 Å². The molecule has 0 fully saturated rings. The molecule has 0 radical (unpaired) electrons. The monoisotopic (exact) mass is 482 g/mol. The zero-order valence-electron chi connectivity index (χ0n) is 16.5. The fourth-order valence-corrected chi connectivity index (χ4v) is 4.95. The van der Waals surface area contributed by atoms with Gasteiger partial charge < -0.3 is 4.74 Å². The molecule has 4 rings (SSSR count). The van der Waals surface area contributed by atoms with E-state index in [2.05, 4.69) is 20.9 Å². The van der Waals surface area contributed by atoms with Crippen LogP contribution in [0, 0.1) is 0 Å². The molecule has 7 heteroatoms. The van der Waals surface area contributed by atoms with Gasteiger partial charge in [0.25, 0.3) is 5.56 Å². The van der Waals surface area contributed by atoms with Crippen molar-refractivity contribution in [2.24, 2.45) is 4.99 Å². The second-order valence-corrected chi connectivity index (χ2v) is 8.69. The van der Waals surface area contributed by atoms with E-state index in [-0.39, 0.29) is 12.2 Å². The molecule has 5 nitrogen and oxygen atoms in total. The van der Waals surface area contributed by atoms with Crippen molar-refractivity contribution in [3.63, 3.8) is 0 Å². The third-order valence-corrected chi connectivity index (χ3v) is 6.25. The molecule has 1 aliphatic rings. The van der Waals surface area contributed by atoms with E-state index in [1.165, 1.54) is 11.3 Å². The fourth-order valence-electron chi connectivity index (χ4n) is 3.49. The summed E-state index contributed by atoms with van der Waals surface area (Å²) >= 11 is 4.78. The summed E-state index contributed by atoms with van der Waals surface area (Å²) < 4.78 is 8.39. The summed E-state index contributed by atoms with van der Waals surface area (Å²) in [4.78, 5) is 31.3. The number of halogens is 1. The van der Waals surface area contributed by atoms with Crippen LogP contribution in [0.15, 0.2) is 80.1 Å². The molecule has 30 heavy (non-hydrogen) atoms. The lowest BCUT2D eigenvalue weighted by molar-refractivity contribution is -0.139. The molecule has 0 saturated carbocycles. The summed E-state index contributed by atoms with van der Waals surface area (Å²) in [6.07, 6.45) is 1.85. The number of hydrogen-bond acceptors (Lipinski definition) is 5. The topological polar surface area (TPSA) is 60.7 Å². The molecule has 0 amide bonds. The molecule has 152 valence electrons. The number of esters is 1. The molecule has 1 unspecified atom stereocenters. The molecule has 2 aromatic carbocycles. The van der Waals surface area contributed by atoms with E-state index in [0.717, 1.165) is 15.6 Å². The Morgan fingerprint density at radius 2 is 2.00 bits per heavy atom. The number of benzene rings is 2. The summed E-state index contributed by atoms with van der Waals surface area (Å²) in [5.74, 6) is -0.450. The van der Waals surface area contributed by atoms with Gasteiger partial charge in [-0.05, 0) is 43.2 Å². The third-order valence-electron chi connectivity index (χ3n) is 4.78. The van der Waals surface area contributed by atoms with Crippen LogP contribution in [0.2, 0.25) is 0 Å². The zero-order chi connectivity index (χ0) is 21.3. The summed E-state index contributed by atoms with van der Waals surface area (Å²) in [5, 5.41) is 0. The van der Waals surface area contributed by atoms with Gasteiger partial charge >= 0.3 is 5.97 Å². The highest BCUT2D eigenvalue weighted by Crippen LogP contribution is 2.30. The Morgan fingerprint density at radius 1 is 1.23 bits per heavy atom. The number of carbonyl (C=O) groups is 1. The Bertz CT molecular complexity index is 1320. The third kappa shape index (κ3) is 3.82. The molecule has 0 saturated heterocycles. The van der Waals surface area contributed by atoms with Crippen molar-refractivity contribution in [3.05, 3.63) is 101 Å². The van der Waals surface area contributed by atoms with Gasteiger partial charge in [0, 0.05) is 4.47 Å². The summed E-state index contributed by atoms with van der Waals surface area (Å²) in [7, 11) is 0. The van der Waals surface area contributed by atoms with Crippen LogP contribution < -0.4 is 14.9 Å². The van der Waals surface area contributed by atoms with E-state index in [4.69, 9.17) is 4.74 Å². The number of fused-ring (bicyclic) bond motifs is 1. The van der Waals surface area contributed by atoms with Crippen LogP contribution in [0.5, 0.6) is 0 Å². The molecular formula is C23H19BrN2O3S. The Kier molecular flexibility index (Phi) is 5.83. The lowest BCUT2D eigenvalue weighted by Gasteiger charge is -2.24. The predicted octanol–water partition coefficient (Wildman–Crippen LogP) is 3.56. The number of rotatable bonds is 4. The Morgan fingerprint density at radius 3 is 2.70 bits per heavy atom. The first-order valence-electron chi connectivity index (χ1n) is 9.49. The average molecular weight is 483 g/mol. The first kappa shape index (κ1) is 20.5. The number of nitrogens with zero attached hydrogens (tertiary/aromatic N) is 2. The van der Waals surface area contributed by atoms with Gasteiger partial charge in [-0.2, -0.15) is 0 Å². The summed E-state index contributed by atoms with van der Waals surface area (Å²) in [6.45, 7) is 3.80. The average Bonchev–Trinajstić information content (AvgIpc) is 3.02. The summed E-state index contributed by atoms with van der Waals surface area (Å²) in [5.41, 5.74) is 2.53. The van der Waals surface area contributed by atoms with Crippen LogP contribution >= 0.6 is 27.3 Å². The number of hydrogen-bond donors (Lipinski definition) is 0. The predicted molar refractivity (Wildman–Crippen MR) is 121 cm³/mol. The first-order chi connectivity index (χ1) is 14.5. The zero-order valence-corrected chi connectivity index (χ0v) is 18.9. The number of allylic oxidation sites excluding steroid dienone is 1. The maximum Gasteiger partial charge on any atom is 0.338 e. The van der Waals surface area contributed by atoms with Gasteiger partial charge in [0.2, 0.25) is 0 Å². The van der Waals surface area contributed by atoms with E-state index >= 15 is 0 Å². The maximum absolute atomic E-state index is 13.4. The van der Waals surface area contributed by atoms with Crippen molar-refractivity contribution in [2.45, 2.75) is 19.9 Å². The largest absolute Gasteiger partial charge is 0.463 e. The van der Waals surface area contributed by atoms with Crippen LogP contribution in [0.3, 0.4) is 0 Å². The van der Waals surface area contributed by atoms with Crippen molar-refractivity contribution in [1.29, 1.82) is 0 Å². The van der Waals surface area contributed by atoms with E-state index in [1.807, 2.05) is 60.7 Å². The van der Waals surface area contributed by atoms with Crippen molar-refractivity contribution in [1.82, 2.24) is 4.57 Å². The lowest BCUT2D eigenvalue weighted by atomic mass is 9.96. The van der Waals surface area contributed by atoms with Gasteiger partial charge in [0.05, 0.1) is 28.5 Å². The number of carbonyl (C=O) groups excluding carboxylic acids is 1. The number of aromatic nitrogens is 1. The fraction of sp³-hybridized carbons (Fsp3) is 0.174. The van der Waals surface area contributed by atoms with E-state index in [0.29, 0.717) is 20.6 Å². The van der Waals surface area contributed by atoms with Gasteiger partial charge in [0.15, 0.2) is 4.80 Å². The molecule has 0 bridgehead atoms. The molecule has 0 N–H and O–H groups in total. The Balaban J connectivity index is 1.96. The van der Waals surface area contributed by atoms with Crippen molar-refractivity contribution in [2.75, 3.05) is 6.61 Å². The molecule has 3 aromatic rings. The SMILES string of the molecule is CCOC(=O)C1=C(C)N=c2s/c(=C/c3cccc(Br)c3)c(=O)n2C1c1ccccc1. The highest BCUT2D eigenvalue weighted by atomic mass is 79.9. The minimum Gasteiger partial charge on any atom is -0.463 e. The van der Waals surface area contributed by atoms with Crippen LogP contribution in [0.25, 0.3) is 6.08 Å². The Labute approximate surface area is 185 Å². The molecule has 0 aliphatic carbocycles. The van der Waals surface area contributed by atoms with E-state index in [9.17, 15) is 9.59 Å². The molecule has 1 aliphatic heterocycles. The quantitative estimate of drug-likeness (QED) is 0.534. The molecule has 1 atom stereocenters. The Hall–Kier alpha value is -2.77. The van der Waals surface area contributed by atoms with Crippen LogP contribution in [-0.2, 0) is 9.53 Å². The number of ether oxygens (including phenoxy) is 1. The van der Waals surface area contributed by atoms with Crippen LogP contribution in [-0.4, -0.2) is 17.1 Å². The molecule has 2 heterocycles. The second-order valence-electron chi connectivity index (χ2n) is 6.77. The standard InChI is InChI=1S/C23H19BrN2O3S/c1-3-29-22(28)19-14(2)25-23-26(20(19)16-9-5-4-6-10-16)21(27)18(30-23)13-15-8-7-11-17(24)12-15/h4-13,20H,3H2,1-2H3/b18-13+. The van der Waals surface area contributed by atoms with E-state index < -0.39 is 12.0 Å². The van der Waals surface area contributed by atoms with Crippen LogP contribution in [0.4, 0.5) is 0 Å². The van der Waals surface area contributed by atoms with Crippen molar-refractivity contribution in [3.8, 4) is 0 Å². The van der Waals surface area contributed by atoms with Crippen LogP contribution in [0.1, 0.15) is 31.0 Å². The van der Waals surface area contributed by atoms with Gasteiger partial charge in [0.1, 0.15) is 0 Å². The lowest BCUT2D eigenvalue weighted by Crippen LogP contribution is -2.39. The molecule has 1 aromatic heterocycles. The highest BCUT2D eigenvalue weighted by Gasteiger charge is 2.33. The van der Waals surface area contributed by atoms with Gasteiger partial charge in [-0.15, -0.1) is 0 Å². The van der Waals surface area contributed by atoms with Crippen molar-refractivity contribution < 1.29 is 9.53 Å². The second kappa shape index (κ2) is 8.53. The van der Waals surface area contributed by atoms with Gasteiger partial charge in [-0.1, -0.05) is 69.7 Å². The molecule has 0 spiro atoms. The minimum atomic E-state index is -0.578. The smallest absolute Gasteiger partial charge is 0.338 e. The highest BCUT2D eigenvalue weighted by molar-refractivity contribution is 9.10. The first-order valence-corrected chi connectivity index (χ1v) is 11.1.